The van der Waals surface area contributed by atoms with Crippen molar-refractivity contribution in [3.63, 3.8) is 0 Å². The maximum atomic E-state index is 12.0. The van der Waals surface area contributed by atoms with E-state index >= 15 is 0 Å². The van der Waals surface area contributed by atoms with Gasteiger partial charge in [0.1, 0.15) is 0 Å². The maximum Gasteiger partial charge on any atom is 0.224 e. The van der Waals surface area contributed by atoms with Crippen molar-refractivity contribution in [2.75, 3.05) is 32.5 Å². The van der Waals surface area contributed by atoms with Gasteiger partial charge in [0.05, 0.1) is 29.9 Å². The molecule has 1 aliphatic rings. The Balaban J connectivity index is 1.70. The number of methoxy groups -OCH3 is 1. The first-order chi connectivity index (χ1) is 11.2. The SMILES string of the molecule is COCCC(=O)N1CCC(c2nc3ccccc3cc2N)CC1. The summed E-state index contributed by atoms with van der Waals surface area (Å²) in [5, 5.41) is 1.07. The van der Waals surface area contributed by atoms with Gasteiger partial charge in [0.15, 0.2) is 0 Å². The Labute approximate surface area is 136 Å². The molecule has 122 valence electrons. The minimum absolute atomic E-state index is 0.171. The number of amides is 1. The fourth-order valence-electron chi connectivity index (χ4n) is 3.22. The summed E-state index contributed by atoms with van der Waals surface area (Å²) in [5.41, 5.74) is 8.94. The van der Waals surface area contributed by atoms with Crippen molar-refractivity contribution in [3.05, 3.63) is 36.0 Å². The molecule has 0 spiro atoms. The first-order valence-electron chi connectivity index (χ1n) is 8.11. The Bertz CT molecular complexity index is 694. The molecule has 1 amide bonds. The average molecular weight is 313 g/mol. The molecule has 2 heterocycles. The summed E-state index contributed by atoms with van der Waals surface area (Å²) in [5.74, 6) is 0.496. The zero-order valence-electron chi connectivity index (χ0n) is 13.5. The zero-order chi connectivity index (χ0) is 16.2. The number of nitrogen functional groups attached to an aromatic ring is 1. The van der Waals surface area contributed by atoms with Gasteiger partial charge in [0, 0.05) is 31.5 Å². The van der Waals surface area contributed by atoms with Crippen LogP contribution in [0.2, 0.25) is 0 Å². The van der Waals surface area contributed by atoms with Gasteiger partial charge in [-0.15, -0.1) is 0 Å². The first-order valence-corrected chi connectivity index (χ1v) is 8.11. The third-order valence-electron chi connectivity index (χ3n) is 4.54. The molecular weight excluding hydrogens is 290 g/mol. The second kappa shape index (κ2) is 6.96. The number of anilines is 1. The molecule has 2 N–H and O–H groups in total. The van der Waals surface area contributed by atoms with Crippen LogP contribution in [0.15, 0.2) is 30.3 Å². The van der Waals surface area contributed by atoms with Gasteiger partial charge in [-0.2, -0.15) is 0 Å². The molecule has 1 aliphatic heterocycles. The highest BCUT2D eigenvalue weighted by molar-refractivity contribution is 5.82. The minimum atomic E-state index is 0.171. The number of carbonyl (C=O) groups is 1. The Morgan fingerprint density at radius 3 is 2.83 bits per heavy atom. The largest absolute Gasteiger partial charge is 0.397 e. The number of ether oxygens (including phenoxy) is 1. The molecule has 1 saturated heterocycles. The number of likely N-dealkylation sites (tertiary alicyclic amines) is 1. The summed E-state index contributed by atoms with van der Waals surface area (Å²) in [6.45, 7) is 2.01. The Hall–Kier alpha value is -2.14. The summed E-state index contributed by atoms with van der Waals surface area (Å²) >= 11 is 0. The van der Waals surface area contributed by atoms with Crippen LogP contribution in [0, 0.1) is 0 Å². The van der Waals surface area contributed by atoms with Crippen molar-refractivity contribution >= 4 is 22.5 Å². The van der Waals surface area contributed by atoms with Gasteiger partial charge in [0.25, 0.3) is 0 Å². The van der Waals surface area contributed by atoms with E-state index in [-0.39, 0.29) is 5.91 Å². The van der Waals surface area contributed by atoms with Crippen LogP contribution in [0.4, 0.5) is 5.69 Å². The highest BCUT2D eigenvalue weighted by Crippen LogP contribution is 2.32. The number of fused-ring (bicyclic) bond motifs is 1. The third-order valence-corrected chi connectivity index (χ3v) is 4.54. The van der Waals surface area contributed by atoms with Crippen LogP contribution in [0.5, 0.6) is 0 Å². The standard InChI is InChI=1S/C18H23N3O2/c1-23-11-8-17(22)21-9-6-13(7-10-21)18-15(19)12-14-4-2-3-5-16(14)20-18/h2-5,12-13H,6-11,19H2,1H3. The van der Waals surface area contributed by atoms with Crippen LogP contribution in [0.3, 0.4) is 0 Å². The average Bonchev–Trinajstić information content (AvgIpc) is 2.59. The molecule has 1 fully saturated rings. The summed E-state index contributed by atoms with van der Waals surface area (Å²) in [7, 11) is 1.62. The fraction of sp³-hybridized carbons (Fsp3) is 0.444. The molecule has 5 nitrogen and oxygen atoms in total. The normalized spacial score (nSPS) is 16.0. The smallest absolute Gasteiger partial charge is 0.224 e. The number of hydrogen-bond acceptors (Lipinski definition) is 4. The van der Waals surface area contributed by atoms with E-state index in [1.807, 2.05) is 35.2 Å². The number of pyridine rings is 1. The van der Waals surface area contributed by atoms with E-state index < -0.39 is 0 Å². The van der Waals surface area contributed by atoms with Crippen molar-refractivity contribution in [1.29, 1.82) is 0 Å². The number of carbonyl (C=O) groups excluding carboxylic acids is 1. The molecule has 5 heteroatoms. The van der Waals surface area contributed by atoms with Crippen LogP contribution >= 0.6 is 0 Å². The lowest BCUT2D eigenvalue weighted by Crippen LogP contribution is -2.38. The second-order valence-electron chi connectivity index (χ2n) is 6.05. The van der Waals surface area contributed by atoms with Crippen LogP contribution in [-0.2, 0) is 9.53 Å². The monoisotopic (exact) mass is 313 g/mol. The van der Waals surface area contributed by atoms with Gasteiger partial charge in [-0.1, -0.05) is 18.2 Å². The van der Waals surface area contributed by atoms with Crippen molar-refractivity contribution in [3.8, 4) is 0 Å². The van der Waals surface area contributed by atoms with Crippen molar-refractivity contribution in [2.24, 2.45) is 0 Å². The highest BCUT2D eigenvalue weighted by atomic mass is 16.5. The lowest BCUT2D eigenvalue weighted by molar-refractivity contribution is -0.133. The third kappa shape index (κ3) is 3.45. The molecular formula is C18H23N3O2. The summed E-state index contributed by atoms with van der Waals surface area (Å²) in [4.78, 5) is 18.7. The molecule has 2 aromatic rings. The number of nitrogens with two attached hydrogens (primary N) is 1. The number of para-hydroxylation sites is 1. The molecule has 0 bridgehead atoms. The van der Waals surface area contributed by atoms with E-state index in [9.17, 15) is 4.79 Å². The van der Waals surface area contributed by atoms with Gasteiger partial charge in [-0.25, -0.2) is 0 Å². The lowest BCUT2D eigenvalue weighted by Gasteiger charge is -2.32. The second-order valence-corrected chi connectivity index (χ2v) is 6.05. The van der Waals surface area contributed by atoms with E-state index in [0.29, 0.717) is 18.9 Å². The molecule has 3 rings (SSSR count). The fourth-order valence-corrected chi connectivity index (χ4v) is 3.22. The Morgan fingerprint density at radius 1 is 1.35 bits per heavy atom. The Kier molecular flexibility index (Phi) is 4.76. The topological polar surface area (TPSA) is 68.5 Å². The van der Waals surface area contributed by atoms with Crippen LogP contribution in [-0.4, -0.2) is 42.6 Å². The van der Waals surface area contributed by atoms with Gasteiger partial charge in [0.2, 0.25) is 5.91 Å². The number of piperidine rings is 1. The minimum Gasteiger partial charge on any atom is -0.397 e. The van der Waals surface area contributed by atoms with Crippen molar-refractivity contribution in [2.45, 2.75) is 25.2 Å². The molecule has 1 aromatic carbocycles. The zero-order valence-corrected chi connectivity index (χ0v) is 13.5. The number of nitrogens with zero attached hydrogens (tertiary/aromatic N) is 2. The van der Waals surface area contributed by atoms with Gasteiger partial charge in [-0.05, 0) is 25.0 Å². The van der Waals surface area contributed by atoms with E-state index in [1.54, 1.807) is 7.11 Å². The molecule has 0 radical (unpaired) electrons. The number of rotatable bonds is 4. The van der Waals surface area contributed by atoms with Crippen LogP contribution in [0.1, 0.15) is 30.9 Å². The van der Waals surface area contributed by atoms with Crippen molar-refractivity contribution in [1.82, 2.24) is 9.88 Å². The quantitative estimate of drug-likeness (QED) is 0.942. The summed E-state index contributed by atoms with van der Waals surface area (Å²) in [6.07, 6.45) is 2.28. The van der Waals surface area contributed by atoms with Gasteiger partial charge < -0.3 is 15.4 Å². The van der Waals surface area contributed by atoms with E-state index in [4.69, 9.17) is 15.5 Å². The van der Waals surface area contributed by atoms with Crippen molar-refractivity contribution < 1.29 is 9.53 Å². The summed E-state index contributed by atoms with van der Waals surface area (Å²) in [6, 6.07) is 10.0. The highest BCUT2D eigenvalue weighted by Gasteiger charge is 2.25. The summed E-state index contributed by atoms with van der Waals surface area (Å²) < 4.78 is 4.98. The number of benzene rings is 1. The molecule has 0 saturated carbocycles. The molecule has 1 aromatic heterocycles. The Morgan fingerprint density at radius 2 is 2.09 bits per heavy atom. The molecule has 23 heavy (non-hydrogen) atoms. The molecule has 0 unspecified atom stereocenters. The molecule has 0 atom stereocenters. The number of aromatic nitrogens is 1. The maximum absolute atomic E-state index is 12.0. The predicted octanol–water partition coefficient (Wildman–Crippen LogP) is 2.56. The van der Waals surface area contributed by atoms with E-state index in [1.165, 1.54) is 0 Å². The van der Waals surface area contributed by atoms with Crippen LogP contribution in [0.25, 0.3) is 10.9 Å². The predicted molar refractivity (Wildman–Crippen MR) is 91.2 cm³/mol. The van der Waals surface area contributed by atoms with Gasteiger partial charge in [-0.3, -0.25) is 9.78 Å². The van der Waals surface area contributed by atoms with E-state index in [2.05, 4.69) is 0 Å². The molecule has 0 aliphatic carbocycles. The van der Waals surface area contributed by atoms with Crippen LogP contribution < -0.4 is 5.73 Å². The van der Waals surface area contributed by atoms with Gasteiger partial charge >= 0.3 is 0 Å². The van der Waals surface area contributed by atoms with E-state index in [0.717, 1.165) is 48.2 Å². The lowest BCUT2D eigenvalue weighted by atomic mass is 9.91. The number of hydrogen-bond donors (Lipinski definition) is 1. The first kappa shape index (κ1) is 15.7.